The van der Waals surface area contributed by atoms with E-state index in [4.69, 9.17) is 4.74 Å². The monoisotopic (exact) mass is 411 g/mol. The number of para-hydroxylation sites is 1. The van der Waals surface area contributed by atoms with Crippen LogP contribution in [0.5, 0.6) is 5.75 Å². The fourth-order valence-corrected chi connectivity index (χ4v) is 5.14. The summed E-state index contributed by atoms with van der Waals surface area (Å²) in [6.07, 6.45) is 4.32. The van der Waals surface area contributed by atoms with Crippen LogP contribution in [-0.2, 0) is 12.8 Å². The van der Waals surface area contributed by atoms with Crippen molar-refractivity contribution in [2.75, 3.05) is 12.4 Å². The lowest BCUT2D eigenvalue weighted by molar-refractivity contribution is 0.102. The Hall–Kier alpha value is -2.67. The first-order valence-electron chi connectivity index (χ1n) is 9.76. The number of rotatable bonds is 3. The van der Waals surface area contributed by atoms with E-state index >= 15 is 0 Å². The number of nitrogens with one attached hydrogen (secondary N) is 1. The van der Waals surface area contributed by atoms with Crippen LogP contribution in [0.15, 0.2) is 35.3 Å². The van der Waals surface area contributed by atoms with Crippen molar-refractivity contribution in [1.82, 2.24) is 9.38 Å². The molecular formula is C22H25N3O3S. The highest BCUT2D eigenvalue weighted by atomic mass is 32.1. The highest BCUT2D eigenvalue weighted by molar-refractivity contribution is 7.17. The molecule has 152 valence electrons. The lowest BCUT2D eigenvalue weighted by atomic mass is 9.73. The van der Waals surface area contributed by atoms with E-state index in [0.29, 0.717) is 22.2 Å². The van der Waals surface area contributed by atoms with Gasteiger partial charge in [0.15, 0.2) is 4.96 Å². The fourth-order valence-electron chi connectivity index (χ4n) is 3.94. The van der Waals surface area contributed by atoms with Gasteiger partial charge in [-0.2, -0.15) is 0 Å². The zero-order valence-corrected chi connectivity index (χ0v) is 17.9. The standard InChI is InChI=1S/C22H25N3O3S/c1-22(2,3)13-9-10-16-18(11-13)29-21-23-12-15(20(27)25(16)21)24-19(26)14-7-5-6-8-17(14)28-4/h5-8,12-13H,9-11H2,1-4H3,(H,24,26)/t13-/m1/s1. The van der Waals surface area contributed by atoms with Crippen LogP contribution in [0.25, 0.3) is 4.96 Å². The van der Waals surface area contributed by atoms with Crippen LogP contribution >= 0.6 is 11.3 Å². The summed E-state index contributed by atoms with van der Waals surface area (Å²) in [5, 5.41) is 2.71. The van der Waals surface area contributed by atoms with Gasteiger partial charge >= 0.3 is 0 Å². The molecule has 1 amide bonds. The molecule has 1 aromatic carbocycles. The van der Waals surface area contributed by atoms with Gasteiger partial charge in [-0.05, 0) is 42.7 Å². The predicted molar refractivity (Wildman–Crippen MR) is 115 cm³/mol. The minimum absolute atomic E-state index is 0.178. The molecule has 1 aliphatic carbocycles. The van der Waals surface area contributed by atoms with Gasteiger partial charge < -0.3 is 10.1 Å². The van der Waals surface area contributed by atoms with Crippen LogP contribution in [0.4, 0.5) is 5.69 Å². The highest BCUT2D eigenvalue weighted by Crippen LogP contribution is 2.39. The van der Waals surface area contributed by atoms with E-state index in [1.807, 2.05) is 0 Å². The molecule has 4 rings (SSSR count). The van der Waals surface area contributed by atoms with Gasteiger partial charge in [0.25, 0.3) is 11.5 Å². The number of anilines is 1. The van der Waals surface area contributed by atoms with Gasteiger partial charge in [0.1, 0.15) is 11.4 Å². The van der Waals surface area contributed by atoms with Crippen LogP contribution in [0.1, 0.15) is 48.1 Å². The number of methoxy groups -OCH3 is 1. The number of carbonyl (C=O) groups excluding carboxylic acids is 1. The molecular weight excluding hydrogens is 386 g/mol. The first-order valence-corrected chi connectivity index (χ1v) is 10.6. The highest BCUT2D eigenvalue weighted by Gasteiger charge is 2.31. The van der Waals surface area contributed by atoms with Gasteiger partial charge in [0.05, 0.1) is 18.9 Å². The molecule has 0 spiro atoms. The summed E-state index contributed by atoms with van der Waals surface area (Å²) in [5.74, 6) is 0.655. The smallest absolute Gasteiger partial charge is 0.282 e. The number of hydrogen-bond donors (Lipinski definition) is 1. The van der Waals surface area contributed by atoms with Crippen molar-refractivity contribution in [1.29, 1.82) is 0 Å². The van der Waals surface area contributed by atoms with Crippen molar-refractivity contribution >= 4 is 27.9 Å². The maximum absolute atomic E-state index is 13.1. The number of amides is 1. The Morgan fingerprint density at radius 3 is 2.79 bits per heavy atom. The first kappa shape index (κ1) is 19.6. The predicted octanol–water partition coefficient (Wildman–Crippen LogP) is 4.17. The number of aromatic nitrogens is 2. The second kappa shape index (κ2) is 7.30. The van der Waals surface area contributed by atoms with Crippen molar-refractivity contribution in [3.63, 3.8) is 0 Å². The Bertz CT molecular complexity index is 1140. The van der Waals surface area contributed by atoms with Gasteiger partial charge in [0, 0.05) is 10.6 Å². The first-order chi connectivity index (χ1) is 13.8. The molecule has 29 heavy (non-hydrogen) atoms. The Morgan fingerprint density at radius 1 is 1.31 bits per heavy atom. The molecule has 0 radical (unpaired) electrons. The number of fused-ring (bicyclic) bond motifs is 3. The summed E-state index contributed by atoms with van der Waals surface area (Å²) in [7, 11) is 1.51. The zero-order valence-electron chi connectivity index (χ0n) is 17.1. The second-order valence-electron chi connectivity index (χ2n) is 8.53. The van der Waals surface area contributed by atoms with E-state index in [1.165, 1.54) is 18.2 Å². The third-order valence-corrected chi connectivity index (χ3v) is 6.84. The number of ether oxygens (including phenoxy) is 1. The summed E-state index contributed by atoms with van der Waals surface area (Å²) in [6.45, 7) is 6.81. The molecule has 0 saturated carbocycles. The van der Waals surface area contributed by atoms with E-state index in [0.717, 1.165) is 25.0 Å². The molecule has 0 bridgehead atoms. The van der Waals surface area contributed by atoms with Gasteiger partial charge in [-0.3, -0.25) is 14.0 Å². The van der Waals surface area contributed by atoms with E-state index < -0.39 is 5.91 Å². The van der Waals surface area contributed by atoms with Crippen molar-refractivity contribution in [3.05, 3.63) is 57.0 Å². The fraction of sp³-hybridized carbons (Fsp3) is 0.409. The van der Waals surface area contributed by atoms with Crippen molar-refractivity contribution in [2.45, 2.75) is 40.0 Å². The van der Waals surface area contributed by atoms with Gasteiger partial charge in [0.2, 0.25) is 0 Å². The average molecular weight is 412 g/mol. The SMILES string of the molecule is COc1ccccc1C(=O)Nc1cnc2sc3c(n2c1=O)CC[C@@H](C(C)(C)C)C3. The van der Waals surface area contributed by atoms with Gasteiger partial charge in [-0.1, -0.05) is 32.9 Å². The van der Waals surface area contributed by atoms with E-state index in [-0.39, 0.29) is 16.7 Å². The topological polar surface area (TPSA) is 72.7 Å². The van der Waals surface area contributed by atoms with E-state index in [2.05, 4.69) is 31.1 Å². The number of aryl methyl sites for hydroxylation is 1. The summed E-state index contributed by atoms with van der Waals surface area (Å²) in [5.41, 5.74) is 1.60. The van der Waals surface area contributed by atoms with Crippen molar-refractivity contribution < 1.29 is 9.53 Å². The van der Waals surface area contributed by atoms with Crippen LogP contribution < -0.4 is 15.6 Å². The third kappa shape index (κ3) is 3.55. The molecule has 0 aliphatic heterocycles. The minimum Gasteiger partial charge on any atom is -0.496 e. The molecule has 7 heteroatoms. The molecule has 2 aromatic heterocycles. The quantitative estimate of drug-likeness (QED) is 0.702. The molecule has 6 nitrogen and oxygen atoms in total. The van der Waals surface area contributed by atoms with E-state index in [9.17, 15) is 9.59 Å². The van der Waals surface area contributed by atoms with Gasteiger partial charge in [-0.15, -0.1) is 11.3 Å². The van der Waals surface area contributed by atoms with Crippen molar-refractivity contribution in [2.24, 2.45) is 11.3 Å². The largest absolute Gasteiger partial charge is 0.496 e. The third-order valence-electron chi connectivity index (χ3n) is 5.72. The van der Waals surface area contributed by atoms with E-state index in [1.54, 1.807) is 40.0 Å². The summed E-state index contributed by atoms with van der Waals surface area (Å²) in [6, 6.07) is 6.92. The number of hydrogen-bond acceptors (Lipinski definition) is 5. The molecule has 1 aliphatic rings. The number of carbonyl (C=O) groups is 1. The average Bonchev–Trinajstić information content (AvgIpc) is 3.07. The Morgan fingerprint density at radius 2 is 2.07 bits per heavy atom. The maximum Gasteiger partial charge on any atom is 0.282 e. The van der Waals surface area contributed by atoms with Crippen molar-refractivity contribution in [3.8, 4) is 5.75 Å². The normalized spacial score (nSPS) is 16.5. The zero-order chi connectivity index (χ0) is 20.8. The Balaban J connectivity index is 1.69. The molecule has 1 atom stereocenters. The summed E-state index contributed by atoms with van der Waals surface area (Å²) >= 11 is 1.58. The van der Waals surface area contributed by atoms with Gasteiger partial charge in [-0.25, -0.2) is 4.98 Å². The van der Waals surface area contributed by atoms with Crippen LogP contribution in [0.3, 0.4) is 0 Å². The molecule has 0 fully saturated rings. The molecule has 3 aromatic rings. The molecule has 1 N–H and O–H groups in total. The molecule has 2 heterocycles. The number of benzene rings is 1. The lowest BCUT2D eigenvalue weighted by Gasteiger charge is -2.33. The molecule has 0 unspecified atom stereocenters. The Kier molecular flexibility index (Phi) is 4.94. The lowest BCUT2D eigenvalue weighted by Crippen LogP contribution is -2.28. The summed E-state index contributed by atoms with van der Waals surface area (Å²) < 4.78 is 6.92. The van der Waals surface area contributed by atoms with Crippen LogP contribution in [0, 0.1) is 11.3 Å². The maximum atomic E-state index is 13.1. The minimum atomic E-state index is -0.391. The second-order valence-corrected chi connectivity index (χ2v) is 9.59. The van der Waals surface area contributed by atoms with Crippen LogP contribution in [-0.4, -0.2) is 22.4 Å². The number of nitrogens with zero attached hydrogens (tertiary/aromatic N) is 2. The number of thiazole rings is 1. The van der Waals surface area contributed by atoms with Crippen LogP contribution in [0.2, 0.25) is 0 Å². The Labute approximate surface area is 173 Å². The summed E-state index contributed by atoms with van der Waals surface area (Å²) in [4.78, 5) is 32.2. The molecule has 0 saturated heterocycles.